The molecule has 1 saturated heterocycles. The number of nitrogens with one attached hydrogen (secondary N) is 2. The minimum absolute atomic E-state index is 0.203. The Bertz CT molecular complexity index is 867. The summed E-state index contributed by atoms with van der Waals surface area (Å²) in [4.78, 5) is 27.6. The van der Waals surface area contributed by atoms with E-state index in [1.807, 2.05) is 13.0 Å². The largest absolute Gasteiger partial charge is 0.382 e. The van der Waals surface area contributed by atoms with Crippen molar-refractivity contribution >= 4 is 28.3 Å². The van der Waals surface area contributed by atoms with Crippen molar-refractivity contribution in [3.05, 3.63) is 29.0 Å². The van der Waals surface area contributed by atoms with Crippen LogP contribution in [0, 0.1) is 11.3 Å². The van der Waals surface area contributed by atoms with Crippen molar-refractivity contribution in [3.8, 4) is 6.07 Å². The normalized spacial score (nSPS) is 16.7. The molecule has 1 aliphatic rings. The van der Waals surface area contributed by atoms with Gasteiger partial charge in [0.05, 0.1) is 18.3 Å². The average molecular weight is 430 g/mol. The van der Waals surface area contributed by atoms with Gasteiger partial charge in [-0.2, -0.15) is 5.26 Å². The fourth-order valence-electron chi connectivity index (χ4n) is 3.34. The summed E-state index contributed by atoms with van der Waals surface area (Å²) in [5.74, 6) is 0.540. The van der Waals surface area contributed by atoms with E-state index in [1.165, 1.54) is 11.3 Å². The Morgan fingerprint density at radius 1 is 1.47 bits per heavy atom. The first-order valence-electron chi connectivity index (χ1n) is 10.2. The summed E-state index contributed by atoms with van der Waals surface area (Å²) in [6.45, 7) is 6.03. The monoisotopic (exact) mass is 429 g/mol. The fraction of sp³-hybridized carbons (Fsp3) is 0.550. The fourth-order valence-corrected chi connectivity index (χ4v) is 4.03. The van der Waals surface area contributed by atoms with E-state index >= 15 is 0 Å². The summed E-state index contributed by atoms with van der Waals surface area (Å²) in [5.41, 5.74) is 1.33. The van der Waals surface area contributed by atoms with Gasteiger partial charge in [0, 0.05) is 43.8 Å². The maximum absolute atomic E-state index is 12.2. The van der Waals surface area contributed by atoms with Crippen LogP contribution in [0.5, 0.6) is 0 Å². The van der Waals surface area contributed by atoms with Gasteiger partial charge in [0.25, 0.3) is 5.91 Å². The van der Waals surface area contributed by atoms with E-state index in [4.69, 9.17) is 10.00 Å². The number of piperidine rings is 1. The smallest absolute Gasteiger partial charge is 0.270 e. The number of carbonyl (C=O) groups is 1. The summed E-state index contributed by atoms with van der Waals surface area (Å²) in [6.07, 6.45) is 4.59. The van der Waals surface area contributed by atoms with Crippen molar-refractivity contribution < 1.29 is 9.53 Å². The number of ether oxygens (including phenoxy) is 1. The standard InChI is InChI=1S/C20H27N7O2S/c1-2-29-12-4-8-22-18(28)17-14-30-20(25-17)26-19-23-9-6-16(24-19)15-5-3-10-27(13-15)11-7-21/h6,9,14-15H,2-5,8,10-13H2,1H3,(H,22,28)(H,23,24,25,26)/t15-/m0/s1. The molecule has 0 aliphatic carbocycles. The predicted molar refractivity (Wildman–Crippen MR) is 115 cm³/mol. The summed E-state index contributed by atoms with van der Waals surface area (Å²) in [6, 6.07) is 4.15. The van der Waals surface area contributed by atoms with Crippen LogP contribution < -0.4 is 10.6 Å². The van der Waals surface area contributed by atoms with Crippen molar-refractivity contribution in [1.82, 2.24) is 25.2 Å². The van der Waals surface area contributed by atoms with Crippen LogP contribution in [-0.2, 0) is 4.74 Å². The van der Waals surface area contributed by atoms with Crippen molar-refractivity contribution in [3.63, 3.8) is 0 Å². The van der Waals surface area contributed by atoms with Crippen LogP contribution in [0.4, 0.5) is 11.1 Å². The number of thiazole rings is 1. The first-order valence-corrected chi connectivity index (χ1v) is 11.1. The van der Waals surface area contributed by atoms with Crippen LogP contribution in [0.3, 0.4) is 0 Å². The third-order valence-electron chi connectivity index (χ3n) is 4.81. The first kappa shape index (κ1) is 22.1. The number of likely N-dealkylation sites (tertiary alicyclic amines) is 1. The SMILES string of the molecule is CCOCCCNC(=O)c1csc(Nc2nccc([C@H]3CCCN(CC#N)C3)n2)n1. The summed E-state index contributed by atoms with van der Waals surface area (Å²) in [5, 5.41) is 17.2. The van der Waals surface area contributed by atoms with Crippen LogP contribution in [0.25, 0.3) is 0 Å². The molecule has 0 aromatic carbocycles. The molecule has 0 bridgehead atoms. The molecule has 1 aliphatic heterocycles. The molecule has 2 aromatic rings. The van der Waals surface area contributed by atoms with Crippen LogP contribution in [0.2, 0.25) is 0 Å². The molecule has 0 spiro atoms. The highest BCUT2D eigenvalue weighted by Crippen LogP contribution is 2.26. The Balaban J connectivity index is 1.55. The number of carbonyl (C=O) groups excluding carboxylic acids is 1. The van der Waals surface area contributed by atoms with Crippen molar-refractivity contribution in [2.75, 3.05) is 44.7 Å². The van der Waals surface area contributed by atoms with E-state index < -0.39 is 0 Å². The lowest BCUT2D eigenvalue weighted by atomic mass is 9.94. The van der Waals surface area contributed by atoms with Gasteiger partial charge >= 0.3 is 0 Å². The Labute approximate surface area is 180 Å². The lowest BCUT2D eigenvalue weighted by Crippen LogP contribution is -2.34. The molecule has 30 heavy (non-hydrogen) atoms. The highest BCUT2D eigenvalue weighted by atomic mass is 32.1. The molecule has 3 rings (SSSR count). The second kappa shape index (κ2) is 11.5. The first-order chi connectivity index (χ1) is 14.7. The number of hydrogen-bond acceptors (Lipinski definition) is 9. The zero-order chi connectivity index (χ0) is 21.2. The van der Waals surface area contributed by atoms with Gasteiger partial charge in [0.15, 0.2) is 5.13 Å². The van der Waals surface area contributed by atoms with E-state index in [-0.39, 0.29) is 11.8 Å². The molecule has 10 heteroatoms. The van der Waals surface area contributed by atoms with Crippen LogP contribution in [0.15, 0.2) is 17.6 Å². The second-order valence-electron chi connectivity index (χ2n) is 7.01. The van der Waals surface area contributed by atoms with E-state index in [9.17, 15) is 4.79 Å². The number of rotatable bonds is 10. The number of hydrogen-bond donors (Lipinski definition) is 2. The van der Waals surface area contributed by atoms with Crippen LogP contribution >= 0.6 is 11.3 Å². The minimum atomic E-state index is -0.203. The van der Waals surface area contributed by atoms with Gasteiger partial charge in [-0.05, 0) is 38.8 Å². The number of aromatic nitrogens is 3. The second-order valence-corrected chi connectivity index (χ2v) is 7.86. The molecule has 1 amide bonds. The van der Waals surface area contributed by atoms with Crippen LogP contribution in [-0.4, -0.2) is 65.2 Å². The molecule has 9 nitrogen and oxygen atoms in total. The topological polar surface area (TPSA) is 116 Å². The molecule has 160 valence electrons. The quantitative estimate of drug-likeness (QED) is 0.437. The van der Waals surface area contributed by atoms with Crippen molar-refractivity contribution in [2.24, 2.45) is 0 Å². The summed E-state index contributed by atoms with van der Waals surface area (Å²) >= 11 is 1.34. The molecular formula is C20H27N7O2S. The Kier molecular flexibility index (Phi) is 8.50. The predicted octanol–water partition coefficient (Wildman–Crippen LogP) is 2.54. The maximum atomic E-state index is 12.2. The van der Waals surface area contributed by atoms with E-state index in [2.05, 4.69) is 36.6 Å². The van der Waals surface area contributed by atoms with E-state index in [0.717, 1.165) is 38.0 Å². The van der Waals surface area contributed by atoms with Gasteiger partial charge in [-0.1, -0.05) is 0 Å². The molecular weight excluding hydrogens is 402 g/mol. The molecule has 1 fully saturated rings. The van der Waals surface area contributed by atoms with Gasteiger partial charge in [-0.3, -0.25) is 9.69 Å². The zero-order valence-electron chi connectivity index (χ0n) is 17.1. The number of anilines is 2. The van der Waals surface area contributed by atoms with Gasteiger partial charge in [0.2, 0.25) is 5.95 Å². The van der Waals surface area contributed by atoms with Gasteiger partial charge in [0.1, 0.15) is 5.69 Å². The molecule has 3 heterocycles. The van der Waals surface area contributed by atoms with E-state index in [1.54, 1.807) is 11.6 Å². The highest BCUT2D eigenvalue weighted by molar-refractivity contribution is 7.14. The lowest BCUT2D eigenvalue weighted by molar-refractivity contribution is 0.0940. The van der Waals surface area contributed by atoms with Gasteiger partial charge < -0.3 is 15.4 Å². The maximum Gasteiger partial charge on any atom is 0.270 e. The zero-order valence-corrected chi connectivity index (χ0v) is 18.0. The molecule has 0 saturated carbocycles. The molecule has 2 aromatic heterocycles. The average Bonchev–Trinajstić information content (AvgIpc) is 3.23. The molecule has 0 radical (unpaired) electrons. The van der Waals surface area contributed by atoms with Gasteiger partial charge in [-0.25, -0.2) is 15.0 Å². The Morgan fingerprint density at radius 3 is 3.20 bits per heavy atom. The summed E-state index contributed by atoms with van der Waals surface area (Å²) < 4.78 is 5.26. The van der Waals surface area contributed by atoms with Gasteiger partial charge in [-0.15, -0.1) is 11.3 Å². The highest BCUT2D eigenvalue weighted by Gasteiger charge is 2.22. The third-order valence-corrected chi connectivity index (χ3v) is 5.56. The number of nitrogens with zero attached hydrogens (tertiary/aromatic N) is 5. The lowest BCUT2D eigenvalue weighted by Gasteiger charge is -2.30. The van der Waals surface area contributed by atoms with Crippen molar-refractivity contribution in [2.45, 2.75) is 32.1 Å². The third kappa shape index (κ3) is 6.45. The molecule has 2 N–H and O–H groups in total. The van der Waals surface area contributed by atoms with E-state index in [0.29, 0.717) is 43.1 Å². The summed E-state index contributed by atoms with van der Waals surface area (Å²) in [7, 11) is 0. The number of nitriles is 1. The molecule has 1 atom stereocenters. The van der Waals surface area contributed by atoms with Crippen LogP contribution in [0.1, 0.15) is 48.3 Å². The Morgan fingerprint density at radius 2 is 2.37 bits per heavy atom. The number of amides is 1. The molecule has 0 unspecified atom stereocenters. The van der Waals surface area contributed by atoms with Crippen molar-refractivity contribution in [1.29, 1.82) is 5.26 Å². The Hall–Kier alpha value is -2.61. The minimum Gasteiger partial charge on any atom is -0.382 e.